The Morgan fingerprint density at radius 3 is 2.68 bits per heavy atom. The van der Waals surface area contributed by atoms with Crippen LogP contribution in [0.5, 0.6) is 5.75 Å². The van der Waals surface area contributed by atoms with Crippen LogP contribution in [0.2, 0.25) is 0 Å². The molecule has 0 radical (unpaired) electrons. The van der Waals surface area contributed by atoms with Gasteiger partial charge in [0.1, 0.15) is 5.75 Å². The van der Waals surface area contributed by atoms with Gasteiger partial charge in [0.25, 0.3) is 5.89 Å². The number of benzene rings is 1. The second-order valence-electron chi connectivity index (χ2n) is 3.92. The Hall–Kier alpha value is -1.92. The number of rotatable bonds is 7. The van der Waals surface area contributed by atoms with Gasteiger partial charge in [0.05, 0.1) is 19.8 Å². The molecule has 0 aliphatic carbocycles. The molecular weight excluding hydrogens is 248 g/mol. The highest BCUT2D eigenvalue weighted by atomic mass is 16.5. The van der Waals surface area contributed by atoms with E-state index in [9.17, 15) is 5.11 Å². The smallest absolute Gasteiger partial charge is 0.257 e. The van der Waals surface area contributed by atoms with Crippen molar-refractivity contribution in [3.63, 3.8) is 0 Å². The summed E-state index contributed by atoms with van der Waals surface area (Å²) in [5, 5.41) is 13.1. The van der Waals surface area contributed by atoms with Gasteiger partial charge in [-0.2, -0.15) is 4.98 Å². The minimum Gasteiger partial charge on any atom is -0.508 e. The van der Waals surface area contributed by atoms with Crippen molar-refractivity contribution in [3.05, 3.63) is 30.1 Å². The van der Waals surface area contributed by atoms with Crippen LogP contribution in [0.25, 0.3) is 11.5 Å². The van der Waals surface area contributed by atoms with Crippen LogP contribution in [-0.4, -0.2) is 42.2 Å². The van der Waals surface area contributed by atoms with E-state index in [1.165, 1.54) is 0 Å². The summed E-state index contributed by atoms with van der Waals surface area (Å²) in [5.41, 5.74) is 0.775. The molecule has 0 atom stereocenters. The molecule has 102 valence electrons. The molecule has 19 heavy (non-hydrogen) atoms. The second-order valence-corrected chi connectivity index (χ2v) is 3.92. The maximum atomic E-state index is 9.20. The molecule has 2 aromatic rings. The van der Waals surface area contributed by atoms with Crippen molar-refractivity contribution in [2.75, 3.05) is 26.9 Å². The van der Waals surface area contributed by atoms with Gasteiger partial charge in [-0.3, -0.25) is 0 Å². The molecule has 1 aromatic heterocycles. The molecule has 6 nitrogen and oxygen atoms in total. The molecule has 0 aliphatic heterocycles. The zero-order valence-electron chi connectivity index (χ0n) is 10.7. The summed E-state index contributed by atoms with van der Waals surface area (Å²) >= 11 is 0. The zero-order valence-corrected chi connectivity index (χ0v) is 10.7. The summed E-state index contributed by atoms with van der Waals surface area (Å²) in [6, 6.07) is 6.60. The van der Waals surface area contributed by atoms with Crippen molar-refractivity contribution >= 4 is 0 Å². The van der Waals surface area contributed by atoms with E-state index in [2.05, 4.69) is 10.1 Å². The Morgan fingerprint density at radius 2 is 1.95 bits per heavy atom. The first-order chi connectivity index (χ1) is 9.29. The van der Waals surface area contributed by atoms with Crippen molar-refractivity contribution in [1.29, 1.82) is 0 Å². The highest BCUT2D eigenvalue weighted by molar-refractivity contribution is 5.53. The quantitative estimate of drug-likeness (QED) is 0.766. The van der Waals surface area contributed by atoms with Crippen LogP contribution in [-0.2, 0) is 15.9 Å². The van der Waals surface area contributed by atoms with Crippen molar-refractivity contribution in [2.45, 2.75) is 6.42 Å². The number of methoxy groups -OCH3 is 1. The van der Waals surface area contributed by atoms with Gasteiger partial charge in [-0.1, -0.05) is 5.16 Å². The summed E-state index contributed by atoms with van der Waals surface area (Å²) < 4.78 is 15.3. The Bertz CT molecular complexity index is 496. The molecule has 0 aliphatic rings. The van der Waals surface area contributed by atoms with Crippen LogP contribution in [0.15, 0.2) is 28.8 Å². The predicted octanol–water partition coefficient (Wildman–Crippen LogP) is 1.65. The van der Waals surface area contributed by atoms with Crippen molar-refractivity contribution in [3.8, 4) is 17.2 Å². The van der Waals surface area contributed by atoms with E-state index >= 15 is 0 Å². The van der Waals surface area contributed by atoms with Crippen molar-refractivity contribution in [2.24, 2.45) is 0 Å². The molecule has 0 fully saturated rings. The summed E-state index contributed by atoms with van der Waals surface area (Å²) in [4.78, 5) is 4.26. The molecule has 0 unspecified atom stereocenters. The molecule has 6 heteroatoms. The normalized spacial score (nSPS) is 10.8. The van der Waals surface area contributed by atoms with Crippen LogP contribution >= 0.6 is 0 Å². The van der Waals surface area contributed by atoms with Crippen LogP contribution in [0.3, 0.4) is 0 Å². The SMILES string of the molecule is COCCOCCc1noc(-c2ccc(O)cc2)n1. The highest BCUT2D eigenvalue weighted by Gasteiger charge is 2.08. The summed E-state index contributed by atoms with van der Waals surface area (Å²) in [7, 11) is 1.63. The van der Waals surface area contributed by atoms with Gasteiger partial charge in [-0.05, 0) is 24.3 Å². The lowest BCUT2D eigenvalue weighted by Gasteiger charge is -2.00. The lowest BCUT2D eigenvalue weighted by molar-refractivity contribution is 0.0714. The monoisotopic (exact) mass is 264 g/mol. The molecule has 0 saturated carbocycles. The maximum Gasteiger partial charge on any atom is 0.257 e. The highest BCUT2D eigenvalue weighted by Crippen LogP contribution is 2.19. The third kappa shape index (κ3) is 4.04. The average Bonchev–Trinajstić information content (AvgIpc) is 2.88. The van der Waals surface area contributed by atoms with E-state index < -0.39 is 0 Å². The molecule has 0 spiro atoms. The van der Waals surface area contributed by atoms with Gasteiger partial charge in [-0.15, -0.1) is 0 Å². The number of ether oxygens (including phenoxy) is 2. The van der Waals surface area contributed by atoms with Gasteiger partial charge >= 0.3 is 0 Å². The fraction of sp³-hybridized carbons (Fsp3) is 0.385. The maximum absolute atomic E-state index is 9.20. The first-order valence-electron chi connectivity index (χ1n) is 5.98. The molecule has 2 rings (SSSR count). The van der Waals surface area contributed by atoms with E-state index in [0.717, 1.165) is 5.56 Å². The molecular formula is C13H16N2O4. The Kier molecular flexibility index (Phi) is 4.88. The number of phenolic OH excluding ortho intramolecular Hbond substituents is 1. The third-order valence-corrected chi connectivity index (χ3v) is 2.48. The largest absolute Gasteiger partial charge is 0.508 e. The van der Waals surface area contributed by atoms with E-state index in [1.807, 2.05) is 0 Å². The van der Waals surface area contributed by atoms with Gasteiger partial charge in [0, 0.05) is 19.1 Å². The standard InChI is InChI=1S/C13H16N2O4/c1-17-8-9-18-7-6-12-14-13(19-15-12)10-2-4-11(16)5-3-10/h2-5,16H,6-9H2,1H3. The Morgan fingerprint density at radius 1 is 1.16 bits per heavy atom. The number of hydrogen-bond acceptors (Lipinski definition) is 6. The summed E-state index contributed by atoms with van der Waals surface area (Å²) in [6.07, 6.45) is 0.589. The first kappa shape index (κ1) is 13.5. The molecule has 1 heterocycles. The summed E-state index contributed by atoms with van der Waals surface area (Å²) in [5.74, 6) is 1.24. The number of aromatic nitrogens is 2. The predicted molar refractivity (Wildman–Crippen MR) is 67.8 cm³/mol. The van der Waals surface area contributed by atoms with Crippen molar-refractivity contribution < 1.29 is 19.1 Å². The van der Waals surface area contributed by atoms with Crippen LogP contribution in [0, 0.1) is 0 Å². The van der Waals surface area contributed by atoms with Crippen LogP contribution in [0.4, 0.5) is 0 Å². The van der Waals surface area contributed by atoms with Gasteiger partial charge in [0.15, 0.2) is 5.82 Å². The van der Waals surface area contributed by atoms with E-state index in [1.54, 1.807) is 31.4 Å². The topological polar surface area (TPSA) is 77.6 Å². The van der Waals surface area contributed by atoms with E-state index in [-0.39, 0.29) is 5.75 Å². The molecule has 0 amide bonds. The lowest BCUT2D eigenvalue weighted by atomic mass is 10.2. The molecule has 0 bridgehead atoms. The van der Waals surface area contributed by atoms with Crippen molar-refractivity contribution in [1.82, 2.24) is 10.1 Å². The minimum atomic E-state index is 0.204. The fourth-order valence-electron chi connectivity index (χ4n) is 1.48. The number of phenols is 1. The first-order valence-corrected chi connectivity index (χ1v) is 5.98. The van der Waals surface area contributed by atoms with Gasteiger partial charge in [0.2, 0.25) is 0 Å². The number of nitrogens with zero attached hydrogens (tertiary/aromatic N) is 2. The number of aromatic hydroxyl groups is 1. The molecule has 1 aromatic carbocycles. The van der Waals surface area contributed by atoms with Gasteiger partial charge in [-0.25, -0.2) is 0 Å². The lowest BCUT2D eigenvalue weighted by Crippen LogP contribution is -2.05. The fourth-order valence-corrected chi connectivity index (χ4v) is 1.48. The number of hydrogen-bond donors (Lipinski definition) is 1. The Labute approximate surface area is 111 Å². The van der Waals surface area contributed by atoms with Gasteiger partial charge < -0.3 is 19.1 Å². The third-order valence-electron chi connectivity index (χ3n) is 2.48. The van der Waals surface area contributed by atoms with E-state index in [4.69, 9.17) is 14.0 Å². The minimum absolute atomic E-state index is 0.204. The summed E-state index contributed by atoms with van der Waals surface area (Å²) in [6.45, 7) is 1.65. The molecule has 1 N–H and O–H groups in total. The Balaban J connectivity index is 1.86. The second kappa shape index (κ2) is 6.86. The van der Waals surface area contributed by atoms with Crippen LogP contribution in [0.1, 0.15) is 5.82 Å². The zero-order chi connectivity index (χ0) is 13.5. The molecule has 0 saturated heterocycles. The van der Waals surface area contributed by atoms with E-state index in [0.29, 0.717) is 38.0 Å². The van der Waals surface area contributed by atoms with Crippen LogP contribution < -0.4 is 0 Å². The average molecular weight is 264 g/mol.